The van der Waals surface area contributed by atoms with E-state index in [1.807, 2.05) is 27.7 Å². The SMILES string of the molecule is C=CCCOC(=O)[C@H]1[C@H]2C(=O)N([C@H](C)CO)C(C(=O)N(CC=C)C(C)(C)CC(C)(C)C)C23CC(C)[C@]1(C)O3. The van der Waals surface area contributed by atoms with Gasteiger partial charge in [0.1, 0.15) is 17.6 Å². The van der Waals surface area contributed by atoms with Crippen molar-refractivity contribution in [3.63, 3.8) is 0 Å². The lowest BCUT2D eigenvalue weighted by Gasteiger charge is -2.46. The van der Waals surface area contributed by atoms with Crippen molar-refractivity contribution in [2.75, 3.05) is 19.8 Å². The number of carbonyl (C=O) groups excluding carboxylic acids is 3. The maximum absolute atomic E-state index is 14.7. The molecule has 0 saturated carbocycles. The third kappa shape index (κ3) is 4.83. The Morgan fingerprint density at radius 2 is 1.89 bits per heavy atom. The Hall–Kier alpha value is -2.19. The minimum atomic E-state index is -1.19. The van der Waals surface area contributed by atoms with E-state index in [9.17, 15) is 19.5 Å². The van der Waals surface area contributed by atoms with Crippen LogP contribution in [0.3, 0.4) is 0 Å². The highest BCUT2D eigenvalue weighted by molar-refractivity contribution is 5.99. The van der Waals surface area contributed by atoms with E-state index < -0.39 is 46.6 Å². The molecule has 38 heavy (non-hydrogen) atoms. The fourth-order valence-corrected chi connectivity index (χ4v) is 7.51. The molecule has 1 spiro atoms. The van der Waals surface area contributed by atoms with Crippen LogP contribution in [0.1, 0.15) is 74.7 Å². The Labute approximate surface area is 228 Å². The molecule has 7 atom stereocenters. The predicted octanol–water partition coefficient (Wildman–Crippen LogP) is 3.73. The molecule has 1 N–H and O–H groups in total. The molecule has 3 heterocycles. The molecule has 0 radical (unpaired) electrons. The summed E-state index contributed by atoms with van der Waals surface area (Å²) in [4.78, 5) is 45.6. The lowest BCUT2D eigenvalue weighted by Crippen LogP contribution is -2.62. The van der Waals surface area contributed by atoms with Crippen molar-refractivity contribution >= 4 is 17.8 Å². The van der Waals surface area contributed by atoms with Crippen molar-refractivity contribution in [1.82, 2.24) is 9.80 Å². The van der Waals surface area contributed by atoms with Crippen LogP contribution < -0.4 is 0 Å². The highest BCUT2D eigenvalue weighted by Crippen LogP contribution is 2.65. The monoisotopic (exact) mass is 532 g/mol. The summed E-state index contributed by atoms with van der Waals surface area (Å²) in [6, 6.07) is -1.60. The van der Waals surface area contributed by atoms with Gasteiger partial charge in [-0.25, -0.2) is 0 Å². The molecule has 0 aromatic rings. The minimum Gasteiger partial charge on any atom is -0.465 e. The molecule has 3 unspecified atom stereocenters. The van der Waals surface area contributed by atoms with E-state index in [4.69, 9.17) is 9.47 Å². The molecule has 0 aromatic heterocycles. The van der Waals surface area contributed by atoms with Gasteiger partial charge in [-0.2, -0.15) is 0 Å². The van der Waals surface area contributed by atoms with E-state index in [2.05, 4.69) is 33.9 Å². The van der Waals surface area contributed by atoms with E-state index in [1.165, 1.54) is 4.90 Å². The lowest BCUT2D eigenvalue weighted by atomic mass is 9.62. The largest absolute Gasteiger partial charge is 0.465 e. The third-order valence-corrected chi connectivity index (χ3v) is 8.82. The molecule has 2 bridgehead atoms. The molecular weight excluding hydrogens is 484 g/mol. The van der Waals surface area contributed by atoms with Gasteiger partial charge in [0.05, 0.1) is 30.8 Å². The van der Waals surface area contributed by atoms with Crippen LogP contribution in [0.15, 0.2) is 25.3 Å². The fourth-order valence-electron chi connectivity index (χ4n) is 7.51. The first-order valence-corrected chi connectivity index (χ1v) is 13.9. The van der Waals surface area contributed by atoms with Crippen LogP contribution in [0, 0.1) is 23.2 Å². The maximum Gasteiger partial charge on any atom is 0.312 e. The highest BCUT2D eigenvalue weighted by Gasteiger charge is 2.80. The Balaban J connectivity index is 2.13. The molecule has 3 rings (SSSR count). The second-order valence-corrected chi connectivity index (χ2v) is 13.5. The number of hydrogen-bond donors (Lipinski definition) is 1. The predicted molar refractivity (Wildman–Crippen MR) is 146 cm³/mol. The first-order chi connectivity index (χ1) is 17.5. The minimum absolute atomic E-state index is 0.0574. The number of fused-ring (bicyclic) bond motifs is 1. The smallest absolute Gasteiger partial charge is 0.312 e. The zero-order valence-electron chi connectivity index (χ0n) is 24.6. The van der Waals surface area contributed by atoms with E-state index >= 15 is 0 Å². The molecular formula is C30H48N2O6. The Kier molecular flexibility index (Phi) is 8.32. The van der Waals surface area contributed by atoms with Gasteiger partial charge >= 0.3 is 5.97 Å². The fraction of sp³-hybridized carbons (Fsp3) is 0.767. The van der Waals surface area contributed by atoms with Crippen LogP contribution in [-0.4, -0.2) is 81.3 Å². The molecule has 8 nitrogen and oxygen atoms in total. The molecule has 3 aliphatic rings. The average Bonchev–Trinajstić information content (AvgIpc) is 3.31. The molecule has 0 aromatic carbocycles. The van der Waals surface area contributed by atoms with Gasteiger partial charge in [-0.3, -0.25) is 14.4 Å². The van der Waals surface area contributed by atoms with Gasteiger partial charge in [0.15, 0.2) is 0 Å². The van der Waals surface area contributed by atoms with Crippen molar-refractivity contribution in [2.24, 2.45) is 23.2 Å². The van der Waals surface area contributed by atoms with E-state index in [0.717, 1.165) is 6.42 Å². The highest BCUT2D eigenvalue weighted by atomic mass is 16.6. The normalized spacial score (nSPS) is 33.2. The molecule has 0 aliphatic carbocycles. The third-order valence-electron chi connectivity index (χ3n) is 8.82. The summed E-state index contributed by atoms with van der Waals surface area (Å²) >= 11 is 0. The second-order valence-electron chi connectivity index (χ2n) is 13.5. The molecule has 2 amide bonds. The molecule has 3 saturated heterocycles. The summed E-state index contributed by atoms with van der Waals surface area (Å²) < 4.78 is 12.3. The van der Waals surface area contributed by atoms with Gasteiger partial charge in [-0.15, -0.1) is 13.2 Å². The molecule has 8 heteroatoms. The maximum atomic E-state index is 14.7. The number of nitrogens with zero attached hydrogens (tertiary/aromatic N) is 2. The first kappa shape index (κ1) is 30.4. The van der Waals surface area contributed by atoms with Crippen molar-refractivity contribution in [3.05, 3.63) is 25.3 Å². The second kappa shape index (κ2) is 10.4. The van der Waals surface area contributed by atoms with Crippen LogP contribution in [0.5, 0.6) is 0 Å². The van der Waals surface area contributed by atoms with Crippen LogP contribution in [0.4, 0.5) is 0 Å². The summed E-state index contributed by atoms with van der Waals surface area (Å²) in [5, 5.41) is 10.1. The number of rotatable bonds is 11. The van der Waals surface area contributed by atoms with Gasteiger partial charge in [-0.05, 0) is 58.3 Å². The molecule has 3 aliphatic heterocycles. The average molecular weight is 533 g/mol. The summed E-state index contributed by atoms with van der Waals surface area (Å²) in [7, 11) is 0. The van der Waals surface area contributed by atoms with Crippen molar-refractivity contribution in [2.45, 2.75) is 103 Å². The van der Waals surface area contributed by atoms with Gasteiger partial charge in [0.25, 0.3) is 0 Å². The zero-order chi connectivity index (χ0) is 28.8. The van der Waals surface area contributed by atoms with Crippen LogP contribution >= 0.6 is 0 Å². The van der Waals surface area contributed by atoms with Gasteiger partial charge < -0.3 is 24.4 Å². The Morgan fingerprint density at radius 3 is 2.42 bits per heavy atom. The van der Waals surface area contributed by atoms with E-state index in [1.54, 1.807) is 24.0 Å². The number of carbonyl (C=O) groups is 3. The van der Waals surface area contributed by atoms with Crippen LogP contribution in [-0.2, 0) is 23.9 Å². The number of hydrogen-bond acceptors (Lipinski definition) is 6. The van der Waals surface area contributed by atoms with Gasteiger partial charge in [0, 0.05) is 12.1 Å². The van der Waals surface area contributed by atoms with Gasteiger partial charge in [-0.1, -0.05) is 39.8 Å². The van der Waals surface area contributed by atoms with Crippen LogP contribution in [0.25, 0.3) is 0 Å². The topological polar surface area (TPSA) is 96.4 Å². The van der Waals surface area contributed by atoms with Crippen molar-refractivity contribution < 1.29 is 29.0 Å². The lowest BCUT2D eigenvalue weighted by molar-refractivity contribution is -0.164. The standard InChI is InChI=1S/C30H48N2O6/c1-11-13-15-37-26(36)22-21-24(34)32(20(4)17-33)23(30(21)16-19(3)29(22,10)38-30)25(35)31(14-12-2)28(8,9)18-27(5,6)7/h11-12,19-23,33H,1-2,13-18H2,3-10H3/t19?,20-,21+,22-,23?,29+,30?/m1/s1. The first-order valence-electron chi connectivity index (χ1n) is 13.9. The quantitative estimate of drug-likeness (QED) is 0.248. The van der Waals surface area contributed by atoms with Crippen molar-refractivity contribution in [1.29, 1.82) is 0 Å². The van der Waals surface area contributed by atoms with E-state index in [0.29, 0.717) is 19.4 Å². The summed E-state index contributed by atoms with van der Waals surface area (Å²) in [5.74, 6) is -2.85. The number of aliphatic hydroxyl groups excluding tert-OH is 1. The number of likely N-dealkylation sites (tertiary alicyclic amines) is 1. The van der Waals surface area contributed by atoms with E-state index in [-0.39, 0.29) is 36.4 Å². The summed E-state index contributed by atoms with van der Waals surface area (Å²) in [6.07, 6.45) is 5.06. The van der Waals surface area contributed by atoms with Gasteiger partial charge in [0.2, 0.25) is 11.8 Å². The Morgan fingerprint density at radius 1 is 1.26 bits per heavy atom. The number of aliphatic hydroxyl groups is 1. The van der Waals surface area contributed by atoms with Crippen molar-refractivity contribution in [3.8, 4) is 0 Å². The number of esters is 1. The summed E-state index contributed by atoms with van der Waals surface area (Å²) in [6.45, 7) is 23.8. The molecule has 3 fully saturated rings. The zero-order valence-corrected chi connectivity index (χ0v) is 24.6. The number of amides is 2. The molecule has 214 valence electrons. The summed E-state index contributed by atoms with van der Waals surface area (Å²) in [5.41, 5.74) is -2.74. The Bertz CT molecular complexity index is 970. The number of ether oxygens (including phenoxy) is 2. The van der Waals surface area contributed by atoms with Crippen LogP contribution in [0.2, 0.25) is 0 Å².